The number of rotatable bonds is 5. The highest BCUT2D eigenvalue weighted by molar-refractivity contribution is 7.22. The van der Waals surface area contributed by atoms with Crippen molar-refractivity contribution in [3.05, 3.63) is 182 Å². The van der Waals surface area contributed by atoms with E-state index in [1.165, 1.54) is 58.4 Å². The van der Waals surface area contributed by atoms with E-state index in [4.69, 9.17) is 9.97 Å². The minimum absolute atomic E-state index is 0.706. The van der Waals surface area contributed by atoms with Crippen LogP contribution in [0.4, 0.5) is 0 Å². The Morgan fingerprint density at radius 3 is 1.71 bits per heavy atom. The number of thiophene rings is 1. The highest BCUT2D eigenvalue weighted by atomic mass is 32.1. The number of fused-ring (bicyclic) bond motifs is 5. The topological polar surface area (TPSA) is 25.8 Å². The van der Waals surface area contributed by atoms with Crippen LogP contribution >= 0.6 is 11.3 Å². The first-order chi connectivity index (χ1) is 25.3. The van der Waals surface area contributed by atoms with Gasteiger partial charge in [-0.3, -0.25) is 0 Å². The van der Waals surface area contributed by atoms with Crippen LogP contribution in [-0.2, 0) is 0 Å². The fraction of sp³-hybridized carbons (Fsp3) is 0. The van der Waals surface area contributed by atoms with Gasteiger partial charge in [-0.1, -0.05) is 158 Å². The molecule has 238 valence electrons. The van der Waals surface area contributed by atoms with Gasteiger partial charge in [0.2, 0.25) is 0 Å². The van der Waals surface area contributed by atoms with Crippen LogP contribution in [0.25, 0.3) is 97.9 Å². The molecule has 0 aliphatic carbocycles. The molecule has 10 rings (SSSR count). The minimum Gasteiger partial charge on any atom is -0.228 e. The molecule has 0 N–H and O–H groups in total. The van der Waals surface area contributed by atoms with Gasteiger partial charge in [0.1, 0.15) is 0 Å². The summed E-state index contributed by atoms with van der Waals surface area (Å²) in [6, 6.07) is 65.1. The summed E-state index contributed by atoms with van der Waals surface area (Å²) in [4.78, 5) is 11.8. The van der Waals surface area contributed by atoms with E-state index >= 15 is 0 Å². The maximum Gasteiger partial charge on any atom is 0.160 e. The summed E-state index contributed by atoms with van der Waals surface area (Å²) >= 11 is 1.82. The van der Waals surface area contributed by atoms with Gasteiger partial charge in [-0.05, 0) is 73.1 Å². The SMILES string of the molecule is c1ccc(-c2nc(-c3ccccc3-c3cc4ccccc4s3)cc(-c3ccccc3-c3c4ccccc4cc4c3ccc3ccccc34)n2)cc1. The minimum atomic E-state index is 0.706. The predicted octanol–water partition coefficient (Wildman–Crippen LogP) is 13.5. The van der Waals surface area contributed by atoms with E-state index in [9.17, 15) is 0 Å². The third kappa shape index (κ3) is 5.10. The van der Waals surface area contributed by atoms with Crippen LogP contribution in [0, 0.1) is 0 Å². The molecule has 0 atom stereocenters. The van der Waals surface area contributed by atoms with Crippen molar-refractivity contribution in [3.63, 3.8) is 0 Å². The second kappa shape index (κ2) is 12.2. The van der Waals surface area contributed by atoms with E-state index < -0.39 is 0 Å². The molecule has 2 aromatic heterocycles. The molecule has 10 aromatic rings. The monoisotopic (exact) mass is 666 g/mol. The third-order valence-electron chi connectivity index (χ3n) is 9.89. The fourth-order valence-electron chi connectivity index (χ4n) is 7.51. The van der Waals surface area contributed by atoms with Gasteiger partial charge in [-0.2, -0.15) is 0 Å². The summed E-state index contributed by atoms with van der Waals surface area (Å²) in [5.41, 5.74) is 8.47. The van der Waals surface area contributed by atoms with Crippen LogP contribution in [-0.4, -0.2) is 9.97 Å². The van der Waals surface area contributed by atoms with Crippen molar-refractivity contribution in [2.75, 3.05) is 0 Å². The van der Waals surface area contributed by atoms with Gasteiger partial charge < -0.3 is 0 Å². The van der Waals surface area contributed by atoms with Crippen molar-refractivity contribution in [2.24, 2.45) is 0 Å². The molecule has 51 heavy (non-hydrogen) atoms. The van der Waals surface area contributed by atoms with Gasteiger partial charge in [-0.25, -0.2) is 9.97 Å². The molecule has 2 heterocycles. The van der Waals surface area contributed by atoms with Crippen molar-refractivity contribution < 1.29 is 0 Å². The maximum atomic E-state index is 5.32. The lowest BCUT2D eigenvalue weighted by molar-refractivity contribution is 1.18. The first kappa shape index (κ1) is 29.5. The molecule has 0 fully saturated rings. The van der Waals surface area contributed by atoms with E-state index in [0.29, 0.717) is 5.82 Å². The Hall–Kier alpha value is -6.42. The largest absolute Gasteiger partial charge is 0.228 e. The number of hydrogen-bond acceptors (Lipinski definition) is 3. The lowest BCUT2D eigenvalue weighted by atomic mass is 9.87. The van der Waals surface area contributed by atoms with Crippen molar-refractivity contribution in [3.8, 4) is 55.5 Å². The first-order valence-electron chi connectivity index (χ1n) is 17.2. The van der Waals surface area contributed by atoms with Crippen molar-refractivity contribution in [2.45, 2.75) is 0 Å². The quantitative estimate of drug-likeness (QED) is 0.135. The van der Waals surface area contributed by atoms with E-state index in [-0.39, 0.29) is 0 Å². The zero-order valence-corrected chi connectivity index (χ0v) is 28.4. The molecule has 0 saturated heterocycles. The van der Waals surface area contributed by atoms with Gasteiger partial charge in [0.15, 0.2) is 5.82 Å². The van der Waals surface area contributed by atoms with Crippen molar-refractivity contribution in [1.82, 2.24) is 9.97 Å². The normalized spacial score (nSPS) is 11.5. The van der Waals surface area contributed by atoms with Crippen LogP contribution in [0.1, 0.15) is 0 Å². The highest BCUT2D eigenvalue weighted by Gasteiger charge is 2.19. The van der Waals surface area contributed by atoms with E-state index in [1.807, 2.05) is 17.4 Å². The molecule has 0 aliphatic heterocycles. The maximum absolute atomic E-state index is 5.32. The molecule has 0 unspecified atom stereocenters. The van der Waals surface area contributed by atoms with Crippen molar-refractivity contribution in [1.29, 1.82) is 0 Å². The molecule has 0 spiro atoms. The fourth-order valence-corrected chi connectivity index (χ4v) is 8.61. The first-order valence-corrected chi connectivity index (χ1v) is 18.1. The Kier molecular flexibility index (Phi) is 7.04. The molecule has 0 amide bonds. The lowest BCUT2D eigenvalue weighted by Crippen LogP contribution is -1.98. The molecule has 0 aliphatic rings. The smallest absolute Gasteiger partial charge is 0.160 e. The summed E-state index contributed by atoms with van der Waals surface area (Å²) in [6.45, 7) is 0. The average Bonchev–Trinajstić information content (AvgIpc) is 3.65. The van der Waals surface area contributed by atoms with Crippen LogP contribution < -0.4 is 0 Å². The summed E-state index contributed by atoms with van der Waals surface area (Å²) in [6.07, 6.45) is 0. The van der Waals surface area contributed by atoms with Gasteiger partial charge >= 0.3 is 0 Å². The van der Waals surface area contributed by atoms with Gasteiger partial charge in [0, 0.05) is 31.8 Å². The predicted molar refractivity (Wildman–Crippen MR) is 217 cm³/mol. The molecule has 2 nitrogen and oxygen atoms in total. The van der Waals surface area contributed by atoms with Crippen LogP contribution in [0.3, 0.4) is 0 Å². The Bertz CT molecular complexity index is 2890. The Morgan fingerprint density at radius 1 is 0.353 bits per heavy atom. The number of nitrogens with zero attached hydrogens (tertiary/aromatic N) is 2. The Morgan fingerprint density at radius 2 is 0.941 bits per heavy atom. The zero-order valence-electron chi connectivity index (χ0n) is 27.6. The number of benzene rings is 8. The Balaban J connectivity index is 1.24. The Labute approximate surface area is 300 Å². The van der Waals surface area contributed by atoms with E-state index in [1.54, 1.807) is 0 Å². The molecular weight excluding hydrogens is 637 g/mol. The average molecular weight is 667 g/mol. The summed E-state index contributed by atoms with van der Waals surface area (Å²) in [5.74, 6) is 0.706. The molecular formula is C48H30N2S. The number of hydrogen-bond donors (Lipinski definition) is 0. The highest BCUT2D eigenvalue weighted by Crippen LogP contribution is 2.44. The van der Waals surface area contributed by atoms with E-state index in [2.05, 4.69) is 176 Å². The van der Waals surface area contributed by atoms with E-state index in [0.717, 1.165) is 33.6 Å². The third-order valence-corrected chi connectivity index (χ3v) is 11.0. The molecule has 0 bridgehead atoms. The lowest BCUT2D eigenvalue weighted by Gasteiger charge is -2.18. The standard InChI is InChI=1S/C48H30N2S/c1-2-15-32(16-3-1)48-49-43(37-21-9-11-23-39(37)46-29-34-18-6-13-25-45(34)51-46)30-44(50-48)38-22-10-12-24-40(38)47-36-20-8-5-17-33(36)28-42-35-19-7-4-14-31(35)26-27-41(42)47/h1-30H. The second-order valence-electron chi connectivity index (χ2n) is 12.9. The van der Waals surface area contributed by atoms with Gasteiger partial charge in [0.05, 0.1) is 11.4 Å². The molecule has 0 radical (unpaired) electrons. The van der Waals surface area contributed by atoms with Gasteiger partial charge in [0.25, 0.3) is 0 Å². The molecule has 0 saturated carbocycles. The van der Waals surface area contributed by atoms with Gasteiger partial charge in [-0.15, -0.1) is 11.3 Å². The summed E-state index contributed by atoms with van der Waals surface area (Å²) in [5, 5.41) is 8.68. The van der Waals surface area contributed by atoms with Crippen LogP contribution in [0.5, 0.6) is 0 Å². The van der Waals surface area contributed by atoms with Crippen molar-refractivity contribution >= 4 is 53.7 Å². The summed E-state index contributed by atoms with van der Waals surface area (Å²) in [7, 11) is 0. The molecule has 8 aromatic carbocycles. The van der Waals surface area contributed by atoms with Crippen LogP contribution in [0.15, 0.2) is 182 Å². The molecule has 3 heteroatoms. The summed E-state index contributed by atoms with van der Waals surface area (Å²) < 4.78 is 1.28. The number of aromatic nitrogens is 2. The van der Waals surface area contributed by atoms with Crippen LogP contribution in [0.2, 0.25) is 0 Å². The zero-order chi connectivity index (χ0) is 33.7. The second-order valence-corrected chi connectivity index (χ2v) is 14.0.